The van der Waals surface area contributed by atoms with E-state index in [2.05, 4.69) is 4.98 Å². The van der Waals surface area contributed by atoms with E-state index in [4.69, 9.17) is 23.7 Å². The van der Waals surface area contributed by atoms with Crippen LogP contribution in [0.15, 0.2) is 30.5 Å². The minimum Gasteiger partial charge on any atom is -0.456 e. The zero-order valence-electron chi connectivity index (χ0n) is 22.2. The van der Waals surface area contributed by atoms with Crippen molar-refractivity contribution in [2.75, 3.05) is 6.61 Å². The van der Waals surface area contributed by atoms with Crippen molar-refractivity contribution < 1.29 is 42.9 Å². The number of carbonyl (C=O) groups excluding carboxylic acids is 4. The minimum atomic E-state index is -1.33. The van der Waals surface area contributed by atoms with E-state index in [1.165, 1.54) is 0 Å². The Kier molecular flexibility index (Phi) is 11.1. The standard InChI is InChI=1S/C28H37NO9/c1-4-9-22(30)35-21-17-34-28(27(37-24(32)11-6-3)26(21)36-23(31)10-5-2)38-25(33)15-14-18-16-29-20-13-8-7-12-19(18)20/h7-8,12-13,16,21,26-29H,4-6,9-11,14-15,17H2,1-3H3/t21-,26+,27-,28+/m1/s1. The highest BCUT2D eigenvalue weighted by molar-refractivity contribution is 5.83. The molecule has 0 saturated carbocycles. The molecule has 2 aromatic rings. The normalized spacial score (nSPS) is 21.0. The van der Waals surface area contributed by atoms with Crippen molar-refractivity contribution in [2.45, 2.75) is 96.7 Å². The van der Waals surface area contributed by atoms with Crippen molar-refractivity contribution in [2.24, 2.45) is 0 Å². The number of aromatic amines is 1. The molecule has 1 aromatic heterocycles. The zero-order chi connectivity index (χ0) is 27.5. The first-order valence-corrected chi connectivity index (χ1v) is 13.3. The van der Waals surface area contributed by atoms with Crippen LogP contribution in [-0.4, -0.2) is 60.1 Å². The van der Waals surface area contributed by atoms with E-state index in [1.807, 2.05) is 51.2 Å². The Balaban J connectivity index is 1.75. The van der Waals surface area contributed by atoms with E-state index in [0.29, 0.717) is 25.7 Å². The summed E-state index contributed by atoms with van der Waals surface area (Å²) in [6.45, 7) is 5.27. The van der Waals surface area contributed by atoms with Gasteiger partial charge in [0.25, 0.3) is 0 Å². The number of benzene rings is 1. The van der Waals surface area contributed by atoms with E-state index < -0.39 is 48.5 Å². The maximum atomic E-state index is 12.8. The van der Waals surface area contributed by atoms with E-state index in [-0.39, 0.29) is 32.3 Å². The van der Waals surface area contributed by atoms with E-state index >= 15 is 0 Å². The first-order valence-electron chi connectivity index (χ1n) is 13.3. The molecule has 1 fully saturated rings. The maximum absolute atomic E-state index is 12.8. The molecule has 0 spiro atoms. The lowest BCUT2D eigenvalue weighted by atomic mass is 10.0. The predicted octanol–water partition coefficient (Wildman–Crippen LogP) is 4.14. The van der Waals surface area contributed by atoms with Gasteiger partial charge in [-0.25, -0.2) is 0 Å². The molecule has 1 aliphatic rings. The van der Waals surface area contributed by atoms with Gasteiger partial charge in [0.05, 0.1) is 6.61 Å². The van der Waals surface area contributed by atoms with Crippen molar-refractivity contribution in [1.82, 2.24) is 4.98 Å². The largest absolute Gasteiger partial charge is 0.456 e. The maximum Gasteiger partial charge on any atom is 0.308 e. The van der Waals surface area contributed by atoms with Crippen LogP contribution in [0.4, 0.5) is 0 Å². The molecule has 0 unspecified atom stereocenters. The summed E-state index contributed by atoms with van der Waals surface area (Å²) in [7, 11) is 0. The highest BCUT2D eigenvalue weighted by atomic mass is 16.7. The van der Waals surface area contributed by atoms with Gasteiger partial charge in [-0.1, -0.05) is 39.0 Å². The van der Waals surface area contributed by atoms with Gasteiger partial charge >= 0.3 is 23.9 Å². The Morgan fingerprint density at radius 1 is 0.789 bits per heavy atom. The summed E-state index contributed by atoms with van der Waals surface area (Å²) in [5.41, 5.74) is 1.93. The van der Waals surface area contributed by atoms with Gasteiger partial charge in [-0.2, -0.15) is 0 Å². The summed E-state index contributed by atoms with van der Waals surface area (Å²) in [6.07, 6.45) is -0.483. The summed E-state index contributed by atoms with van der Waals surface area (Å²) >= 11 is 0. The Labute approximate surface area is 222 Å². The first-order chi connectivity index (χ1) is 18.4. The molecule has 1 aliphatic heterocycles. The summed E-state index contributed by atoms with van der Waals surface area (Å²) in [5, 5.41) is 1.01. The van der Waals surface area contributed by atoms with Gasteiger partial charge in [0.15, 0.2) is 12.2 Å². The molecule has 0 amide bonds. The lowest BCUT2D eigenvalue weighted by molar-refractivity contribution is -0.275. The molecule has 1 saturated heterocycles. The molecule has 2 heterocycles. The average molecular weight is 532 g/mol. The second-order valence-corrected chi connectivity index (χ2v) is 9.24. The quantitative estimate of drug-likeness (QED) is 0.299. The van der Waals surface area contributed by atoms with Crippen LogP contribution in [0.5, 0.6) is 0 Å². The predicted molar refractivity (Wildman–Crippen MR) is 137 cm³/mol. The van der Waals surface area contributed by atoms with Crippen LogP contribution in [0.1, 0.15) is 71.3 Å². The summed E-state index contributed by atoms with van der Waals surface area (Å²) in [5.74, 6) is -2.18. The molecule has 1 N–H and O–H groups in total. The van der Waals surface area contributed by atoms with Crippen molar-refractivity contribution in [3.05, 3.63) is 36.0 Å². The molecule has 4 atom stereocenters. The van der Waals surface area contributed by atoms with E-state index in [0.717, 1.165) is 16.5 Å². The van der Waals surface area contributed by atoms with Crippen molar-refractivity contribution >= 4 is 34.8 Å². The second kappa shape index (κ2) is 14.5. The highest BCUT2D eigenvalue weighted by Gasteiger charge is 2.49. The minimum absolute atomic E-state index is 0.0482. The monoisotopic (exact) mass is 531 g/mol. The summed E-state index contributed by atoms with van der Waals surface area (Å²) < 4.78 is 28.0. The van der Waals surface area contributed by atoms with Gasteiger partial charge in [-0.15, -0.1) is 0 Å². The van der Waals surface area contributed by atoms with Crippen LogP contribution in [0.2, 0.25) is 0 Å². The van der Waals surface area contributed by atoms with Crippen LogP contribution in [-0.2, 0) is 49.3 Å². The molecular weight excluding hydrogens is 494 g/mol. The SMILES string of the molecule is CCCC(=O)O[C@@H]1[C@@H](OC(=O)CCC)[C@H](OC(=O)CCc2c[nH]c3ccccc23)OC[C@H]1OC(=O)CCC. The number of H-pyrrole nitrogens is 1. The number of hydrogen-bond acceptors (Lipinski definition) is 9. The summed E-state index contributed by atoms with van der Waals surface area (Å²) in [4.78, 5) is 53.1. The van der Waals surface area contributed by atoms with Crippen molar-refractivity contribution in [3.8, 4) is 0 Å². The summed E-state index contributed by atoms with van der Waals surface area (Å²) in [6, 6.07) is 7.77. The van der Waals surface area contributed by atoms with Crippen LogP contribution in [0.3, 0.4) is 0 Å². The Hall–Kier alpha value is -3.40. The van der Waals surface area contributed by atoms with Crippen LogP contribution in [0.25, 0.3) is 10.9 Å². The third kappa shape index (κ3) is 8.05. The topological polar surface area (TPSA) is 130 Å². The fraction of sp³-hybridized carbons (Fsp3) is 0.571. The average Bonchev–Trinajstić information content (AvgIpc) is 3.29. The van der Waals surface area contributed by atoms with Crippen LogP contribution >= 0.6 is 0 Å². The molecule has 0 aliphatic carbocycles. The molecular formula is C28H37NO9. The van der Waals surface area contributed by atoms with Gasteiger partial charge in [0, 0.05) is 42.8 Å². The fourth-order valence-corrected chi connectivity index (χ4v) is 4.24. The third-order valence-electron chi connectivity index (χ3n) is 6.08. The van der Waals surface area contributed by atoms with E-state index in [1.54, 1.807) is 0 Å². The highest BCUT2D eigenvalue weighted by Crippen LogP contribution is 2.27. The number of esters is 4. The Morgan fingerprint density at radius 3 is 2.03 bits per heavy atom. The molecule has 0 bridgehead atoms. The second-order valence-electron chi connectivity index (χ2n) is 9.24. The Morgan fingerprint density at radius 2 is 1.37 bits per heavy atom. The molecule has 10 nitrogen and oxygen atoms in total. The molecule has 208 valence electrons. The number of hydrogen-bond donors (Lipinski definition) is 1. The molecule has 10 heteroatoms. The number of aryl methyl sites for hydroxylation is 1. The number of aromatic nitrogens is 1. The van der Waals surface area contributed by atoms with Gasteiger partial charge in [-0.05, 0) is 37.3 Å². The van der Waals surface area contributed by atoms with Gasteiger partial charge in [-0.3, -0.25) is 19.2 Å². The van der Waals surface area contributed by atoms with Crippen molar-refractivity contribution in [3.63, 3.8) is 0 Å². The number of fused-ring (bicyclic) bond motifs is 1. The zero-order valence-corrected chi connectivity index (χ0v) is 22.2. The lowest BCUT2D eigenvalue weighted by Crippen LogP contribution is -2.58. The van der Waals surface area contributed by atoms with Gasteiger partial charge in [0.2, 0.25) is 12.4 Å². The number of rotatable bonds is 13. The smallest absolute Gasteiger partial charge is 0.308 e. The molecule has 0 radical (unpaired) electrons. The van der Waals surface area contributed by atoms with E-state index in [9.17, 15) is 19.2 Å². The number of nitrogens with one attached hydrogen (secondary N) is 1. The number of para-hydroxylation sites is 1. The van der Waals surface area contributed by atoms with Crippen LogP contribution < -0.4 is 0 Å². The molecule has 3 rings (SSSR count). The van der Waals surface area contributed by atoms with Gasteiger partial charge < -0.3 is 28.7 Å². The fourth-order valence-electron chi connectivity index (χ4n) is 4.24. The molecule has 38 heavy (non-hydrogen) atoms. The lowest BCUT2D eigenvalue weighted by Gasteiger charge is -2.40. The molecule has 1 aromatic carbocycles. The van der Waals surface area contributed by atoms with Crippen molar-refractivity contribution in [1.29, 1.82) is 0 Å². The first kappa shape index (κ1) is 29.2. The number of ether oxygens (including phenoxy) is 5. The Bertz CT molecular complexity index is 1090. The number of carbonyl (C=O) groups is 4. The third-order valence-corrected chi connectivity index (χ3v) is 6.08. The van der Waals surface area contributed by atoms with Crippen LogP contribution in [0, 0.1) is 0 Å². The van der Waals surface area contributed by atoms with Gasteiger partial charge in [0.1, 0.15) is 0 Å².